The number of nitrogens with zero attached hydrogens (tertiary/aromatic N) is 5. The number of para-hydroxylation sites is 1. The van der Waals surface area contributed by atoms with Crippen molar-refractivity contribution in [2.75, 3.05) is 4.90 Å². The molecule has 0 atom stereocenters. The molecule has 1 aliphatic rings. The Balaban J connectivity index is 1.21. The van der Waals surface area contributed by atoms with Gasteiger partial charge in [0.15, 0.2) is 11.6 Å². The number of thiophene rings is 1. The number of aromatic nitrogens is 4. The van der Waals surface area contributed by atoms with Crippen LogP contribution < -0.4 is 4.90 Å². The van der Waals surface area contributed by atoms with Crippen LogP contribution >= 0.6 is 11.3 Å². The molecule has 3 aromatic heterocycles. The Kier molecular flexibility index (Phi) is 6.35. The van der Waals surface area contributed by atoms with Crippen molar-refractivity contribution in [1.82, 2.24) is 19.9 Å². The van der Waals surface area contributed by atoms with Gasteiger partial charge in [0, 0.05) is 47.6 Å². The molecule has 0 aliphatic carbocycles. The van der Waals surface area contributed by atoms with Crippen molar-refractivity contribution in [3.8, 4) is 45.2 Å². The second-order valence-corrected chi connectivity index (χ2v) is 14.1. The van der Waals surface area contributed by atoms with Crippen LogP contribution in [-0.4, -0.2) is 19.9 Å². The van der Waals surface area contributed by atoms with Gasteiger partial charge in [-0.2, -0.15) is 9.97 Å². The quantitative estimate of drug-likeness (QED) is 0.173. The fourth-order valence-corrected chi connectivity index (χ4v) is 8.91. The maximum atomic E-state index is 5.39. The molecule has 5 nitrogen and oxygen atoms in total. The lowest BCUT2D eigenvalue weighted by atomic mass is 9.91. The molecule has 0 fully saturated rings. The molecule has 0 bridgehead atoms. The molecule has 4 heterocycles. The van der Waals surface area contributed by atoms with Gasteiger partial charge in [0.05, 0.1) is 22.6 Å². The van der Waals surface area contributed by atoms with E-state index in [1.807, 2.05) is 72.0 Å². The van der Waals surface area contributed by atoms with Gasteiger partial charge in [-0.1, -0.05) is 133 Å². The highest BCUT2D eigenvalue weighted by Gasteiger charge is 2.31. The van der Waals surface area contributed by atoms with Crippen LogP contribution in [0.15, 0.2) is 164 Å². The van der Waals surface area contributed by atoms with Gasteiger partial charge in [0.1, 0.15) is 0 Å². The van der Waals surface area contributed by atoms with Crippen molar-refractivity contribution < 1.29 is 0 Å². The lowest BCUT2D eigenvalue weighted by Gasteiger charge is -2.32. The van der Waals surface area contributed by atoms with Gasteiger partial charge in [-0.05, 0) is 46.8 Å². The SMILES string of the molecule is c1ccc(-c2nc(-c3ccccc3)nc(N3c4ccc(-c5cccc6c5sc5ccccc56)cc4-c4nc5ccccc5c5cccc3c45)n2)cc1. The Labute approximate surface area is 303 Å². The van der Waals surface area contributed by atoms with Crippen LogP contribution in [0.4, 0.5) is 17.3 Å². The van der Waals surface area contributed by atoms with Crippen LogP contribution in [0.5, 0.6) is 0 Å². The number of pyridine rings is 1. The molecule has 10 aromatic rings. The normalized spacial score (nSPS) is 12.2. The van der Waals surface area contributed by atoms with Gasteiger partial charge >= 0.3 is 0 Å². The van der Waals surface area contributed by atoms with Gasteiger partial charge in [0.25, 0.3) is 0 Å². The number of fused-ring (bicyclic) bond motifs is 7. The van der Waals surface area contributed by atoms with E-state index in [4.69, 9.17) is 19.9 Å². The first-order valence-electron chi connectivity index (χ1n) is 17.3. The summed E-state index contributed by atoms with van der Waals surface area (Å²) in [5.74, 6) is 1.79. The maximum absolute atomic E-state index is 5.39. The van der Waals surface area contributed by atoms with Gasteiger partial charge < -0.3 is 0 Å². The number of hydrogen-bond donors (Lipinski definition) is 0. The molecule has 1 aliphatic heterocycles. The number of rotatable bonds is 4. The zero-order valence-corrected chi connectivity index (χ0v) is 28.5. The molecule has 7 aromatic carbocycles. The summed E-state index contributed by atoms with van der Waals surface area (Å²) in [6.45, 7) is 0. The number of anilines is 3. The summed E-state index contributed by atoms with van der Waals surface area (Å²) in [5.41, 5.74) is 9.13. The minimum absolute atomic E-state index is 0.555. The average Bonchev–Trinajstić information content (AvgIpc) is 3.60. The largest absolute Gasteiger partial charge is 0.278 e. The van der Waals surface area contributed by atoms with E-state index in [0.29, 0.717) is 17.6 Å². The number of benzene rings is 7. The van der Waals surface area contributed by atoms with E-state index in [0.717, 1.165) is 61.0 Å². The molecule has 0 radical (unpaired) electrons. The summed E-state index contributed by atoms with van der Waals surface area (Å²) in [7, 11) is 0. The molecule has 11 rings (SSSR count). The molecule has 0 saturated heterocycles. The molecule has 0 saturated carbocycles. The molecule has 0 spiro atoms. The lowest BCUT2D eigenvalue weighted by molar-refractivity contribution is 1.02. The second-order valence-electron chi connectivity index (χ2n) is 13.0. The zero-order valence-electron chi connectivity index (χ0n) is 27.7. The third-order valence-corrected chi connectivity index (χ3v) is 11.3. The highest BCUT2D eigenvalue weighted by molar-refractivity contribution is 7.26. The van der Waals surface area contributed by atoms with Crippen molar-refractivity contribution in [1.29, 1.82) is 0 Å². The summed E-state index contributed by atoms with van der Waals surface area (Å²) in [6.07, 6.45) is 0. The van der Waals surface area contributed by atoms with Crippen LogP contribution in [0, 0.1) is 0 Å². The van der Waals surface area contributed by atoms with Crippen LogP contribution in [-0.2, 0) is 0 Å². The standard InChI is InChI=1S/C46H27N5S/c1-3-13-28(14-4-1)44-48-45(29-15-5-2-6-16-29)50-46(49-44)51-38-26-25-30(31-19-11-21-35-33-18-8-10-24-40(33)52-43(31)35)27-36(38)42-41-34(20-12-23-39(41)51)32-17-7-9-22-37(32)47-42/h1-27H. The Morgan fingerprint density at radius 2 is 1.08 bits per heavy atom. The first kappa shape index (κ1) is 29.0. The monoisotopic (exact) mass is 681 g/mol. The predicted molar refractivity (Wildman–Crippen MR) is 216 cm³/mol. The van der Waals surface area contributed by atoms with Crippen LogP contribution in [0.2, 0.25) is 0 Å². The van der Waals surface area contributed by atoms with Crippen molar-refractivity contribution in [2.24, 2.45) is 0 Å². The molecular formula is C46H27N5S. The van der Waals surface area contributed by atoms with E-state index in [2.05, 4.69) is 108 Å². The highest BCUT2D eigenvalue weighted by Crippen LogP contribution is 2.52. The predicted octanol–water partition coefficient (Wildman–Crippen LogP) is 12.4. The highest BCUT2D eigenvalue weighted by atomic mass is 32.1. The maximum Gasteiger partial charge on any atom is 0.238 e. The molecule has 0 amide bonds. The zero-order chi connectivity index (χ0) is 34.2. The molecule has 0 unspecified atom stereocenters. The summed E-state index contributed by atoms with van der Waals surface area (Å²) < 4.78 is 2.57. The van der Waals surface area contributed by atoms with Gasteiger partial charge in [-0.25, -0.2) is 9.97 Å². The Morgan fingerprint density at radius 1 is 0.423 bits per heavy atom. The van der Waals surface area contributed by atoms with E-state index in [9.17, 15) is 0 Å². The fourth-order valence-electron chi connectivity index (χ4n) is 7.68. The fraction of sp³-hybridized carbons (Fsp3) is 0. The molecule has 242 valence electrons. The Bertz CT molecular complexity index is 2970. The van der Waals surface area contributed by atoms with Crippen LogP contribution in [0.1, 0.15) is 0 Å². The summed E-state index contributed by atoms with van der Waals surface area (Å²) in [5, 5.41) is 5.91. The van der Waals surface area contributed by atoms with Gasteiger partial charge in [-0.3, -0.25) is 4.90 Å². The topological polar surface area (TPSA) is 54.8 Å². The van der Waals surface area contributed by atoms with Crippen LogP contribution in [0.25, 0.3) is 87.0 Å². The summed E-state index contributed by atoms with van der Waals surface area (Å²) >= 11 is 1.85. The molecule has 6 heteroatoms. The third kappa shape index (κ3) is 4.41. The van der Waals surface area contributed by atoms with Crippen LogP contribution in [0.3, 0.4) is 0 Å². The second kappa shape index (κ2) is 11.4. The van der Waals surface area contributed by atoms with E-state index in [-0.39, 0.29) is 0 Å². The van der Waals surface area contributed by atoms with Gasteiger partial charge in [0.2, 0.25) is 5.95 Å². The molecule has 0 N–H and O–H groups in total. The van der Waals surface area contributed by atoms with E-state index in [1.165, 1.54) is 25.7 Å². The Morgan fingerprint density at radius 3 is 1.87 bits per heavy atom. The first-order chi connectivity index (χ1) is 25.8. The first-order valence-corrected chi connectivity index (χ1v) is 18.1. The smallest absolute Gasteiger partial charge is 0.238 e. The lowest BCUT2D eigenvalue weighted by Crippen LogP contribution is -2.19. The minimum atomic E-state index is 0.555. The summed E-state index contributed by atoms with van der Waals surface area (Å²) in [6, 6.07) is 57.2. The van der Waals surface area contributed by atoms with Crippen molar-refractivity contribution in [3.63, 3.8) is 0 Å². The van der Waals surface area contributed by atoms with Crippen molar-refractivity contribution in [3.05, 3.63) is 164 Å². The average molecular weight is 682 g/mol. The van der Waals surface area contributed by atoms with E-state index < -0.39 is 0 Å². The molecule has 52 heavy (non-hydrogen) atoms. The van der Waals surface area contributed by atoms with Gasteiger partial charge in [-0.15, -0.1) is 11.3 Å². The Hall–Kier alpha value is -6.76. The third-order valence-electron chi connectivity index (χ3n) is 10.0. The van der Waals surface area contributed by atoms with E-state index in [1.54, 1.807) is 0 Å². The number of hydrogen-bond acceptors (Lipinski definition) is 6. The van der Waals surface area contributed by atoms with Crippen molar-refractivity contribution in [2.45, 2.75) is 0 Å². The van der Waals surface area contributed by atoms with E-state index >= 15 is 0 Å². The van der Waals surface area contributed by atoms with Crippen molar-refractivity contribution >= 4 is 70.5 Å². The minimum Gasteiger partial charge on any atom is -0.278 e. The summed E-state index contributed by atoms with van der Waals surface area (Å²) in [4.78, 5) is 23.0. The molecular weight excluding hydrogens is 655 g/mol.